The first-order valence-electron chi connectivity index (χ1n) is 6.56. The van der Waals surface area contributed by atoms with E-state index in [1.54, 1.807) is 4.90 Å². The first-order chi connectivity index (χ1) is 8.32. The molecule has 5 nitrogen and oxygen atoms in total. The molecule has 2 aliphatic heterocycles. The van der Waals surface area contributed by atoms with E-state index in [4.69, 9.17) is 9.47 Å². The highest BCUT2D eigenvalue weighted by atomic mass is 35.5. The van der Waals surface area contributed by atoms with Gasteiger partial charge in [-0.15, -0.1) is 12.4 Å². The third-order valence-electron chi connectivity index (χ3n) is 3.78. The molecule has 2 rings (SSSR count). The molecule has 1 unspecified atom stereocenters. The molecule has 112 valence electrons. The zero-order chi connectivity index (χ0) is 13.4. The number of aliphatic hydroxyl groups is 1. The number of rotatable bonds is 0. The van der Waals surface area contributed by atoms with Crippen LogP contribution in [-0.4, -0.2) is 54.1 Å². The van der Waals surface area contributed by atoms with E-state index in [-0.39, 0.29) is 23.9 Å². The predicted octanol–water partition coefficient (Wildman–Crippen LogP) is 1.82. The Balaban J connectivity index is 0.00000180. The summed E-state index contributed by atoms with van der Waals surface area (Å²) in [5, 5.41) is 9.96. The van der Waals surface area contributed by atoms with Gasteiger partial charge in [-0.25, -0.2) is 4.79 Å². The molecule has 2 aliphatic rings. The van der Waals surface area contributed by atoms with Gasteiger partial charge in [0, 0.05) is 18.5 Å². The van der Waals surface area contributed by atoms with Crippen molar-refractivity contribution < 1.29 is 19.4 Å². The van der Waals surface area contributed by atoms with Crippen molar-refractivity contribution in [3.63, 3.8) is 0 Å². The van der Waals surface area contributed by atoms with Gasteiger partial charge in [0.05, 0.1) is 19.3 Å². The van der Waals surface area contributed by atoms with E-state index in [9.17, 15) is 9.90 Å². The summed E-state index contributed by atoms with van der Waals surface area (Å²) in [5.41, 5.74) is -0.597. The summed E-state index contributed by atoms with van der Waals surface area (Å²) in [4.78, 5) is 13.6. The summed E-state index contributed by atoms with van der Waals surface area (Å²) in [6, 6.07) is 0. The van der Waals surface area contributed by atoms with Gasteiger partial charge in [0.2, 0.25) is 0 Å². The summed E-state index contributed by atoms with van der Waals surface area (Å²) >= 11 is 0. The maximum Gasteiger partial charge on any atom is 0.410 e. The highest BCUT2D eigenvalue weighted by Crippen LogP contribution is 2.39. The van der Waals surface area contributed by atoms with Crippen LogP contribution in [0.3, 0.4) is 0 Å². The lowest BCUT2D eigenvalue weighted by molar-refractivity contribution is -0.0119. The van der Waals surface area contributed by atoms with Crippen LogP contribution < -0.4 is 0 Å². The molecule has 1 spiro atoms. The average Bonchev–Trinajstić information content (AvgIpc) is 2.59. The molecule has 6 heteroatoms. The molecule has 19 heavy (non-hydrogen) atoms. The van der Waals surface area contributed by atoms with Crippen LogP contribution in [0.4, 0.5) is 4.79 Å². The lowest BCUT2D eigenvalue weighted by atomic mass is 9.76. The minimum Gasteiger partial charge on any atom is -0.444 e. The molecule has 2 saturated heterocycles. The van der Waals surface area contributed by atoms with E-state index < -0.39 is 11.7 Å². The van der Waals surface area contributed by atoms with E-state index in [1.807, 2.05) is 20.8 Å². The van der Waals surface area contributed by atoms with Gasteiger partial charge in [0.1, 0.15) is 5.60 Å². The van der Waals surface area contributed by atoms with Gasteiger partial charge >= 0.3 is 6.09 Å². The molecule has 0 aliphatic carbocycles. The number of halogens is 1. The molecule has 1 amide bonds. The number of likely N-dealkylation sites (tertiary alicyclic amines) is 1. The summed E-state index contributed by atoms with van der Waals surface area (Å²) in [7, 11) is 0. The first-order valence-corrected chi connectivity index (χ1v) is 6.56. The second-order valence-corrected chi connectivity index (χ2v) is 6.36. The molecule has 0 aromatic carbocycles. The number of carbonyl (C=O) groups excluding carboxylic acids is 1. The van der Waals surface area contributed by atoms with Crippen LogP contribution in [0.2, 0.25) is 0 Å². The fourth-order valence-corrected chi connectivity index (χ4v) is 2.59. The van der Waals surface area contributed by atoms with Crippen LogP contribution >= 0.6 is 12.4 Å². The fourth-order valence-electron chi connectivity index (χ4n) is 2.59. The first kappa shape index (κ1) is 16.5. The Bertz CT molecular complexity index is 321. The van der Waals surface area contributed by atoms with Crippen LogP contribution in [0, 0.1) is 5.41 Å². The molecule has 0 saturated carbocycles. The number of hydrogen-bond acceptors (Lipinski definition) is 4. The largest absolute Gasteiger partial charge is 0.444 e. The van der Waals surface area contributed by atoms with E-state index >= 15 is 0 Å². The van der Waals surface area contributed by atoms with Crippen molar-refractivity contribution in [2.45, 2.75) is 45.3 Å². The van der Waals surface area contributed by atoms with Crippen LogP contribution in [0.25, 0.3) is 0 Å². The van der Waals surface area contributed by atoms with Gasteiger partial charge in [0.15, 0.2) is 0 Å². The monoisotopic (exact) mass is 293 g/mol. The maximum atomic E-state index is 11.9. The molecule has 0 radical (unpaired) electrons. The molecule has 1 atom stereocenters. The Hall–Kier alpha value is -0.520. The van der Waals surface area contributed by atoms with E-state index in [1.165, 1.54) is 0 Å². The minimum absolute atomic E-state index is 0. The van der Waals surface area contributed by atoms with Crippen molar-refractivity contribution in [3.05, 3.63) is 0 Å². The second kappa shape index (κ2) is 5.85. The molecule has 0 aromatic heterocycles. The normalized spacial score (nSPS) is 26.1. The van der Waals surface area contributed by atoms with Gasteiger partial charge in [0.25, 0.3) is 0 Å². The summed E-state index contributed by atoms with van der Waals surface area (Å²) in [5.74, 6) is 0. The Morgan fingerprint density at radius 2 is 1.95 bits per heavy atom. The minimum atomic E-state index is -0.456. The topological polar surface area (TPSA) is 59.0 Å². The van der Waals surface area contributed by atoms with Gasteiger partial charge < -0.3 is 19.5 Å². The third-order valence-corrected chi connectivity index (χ3v) is 3.78. The summed E-state index contributed by atoms with van der Waals surface area (Å²) in [6.07, 6.45) is 0.921. The summed E-state index contributed by atoms with van der Waals surface area (Å²) in [6.45, 7) is 7.90. The number of nitrogens with zero attached hydrogens (tertiary/aromatic N) is 1. The molecule has 0 aromatic rings. The second-order valence-electron chi connectivity index (χ2n) is 6.36. The van der Waals surface area contributed by atoms with Crippen LogP contribution in [0.5, 0.6) is 0 Å². The molecule has 2 fully saturated rings. The molecule has 1 N–H and O–H groups in total. The van der Waals surface area contributed by atoms with Gasteiger partial charge in [-0.1, -0.05) is 0 Å². The van der Waals surface area contributed by atoms with E-state index in [2.05, 4.69) is 0 Å². The molecule has 2 heterocycles. The zero-order valence-corrected chi connectivity index (χ0v) is 12.7. The standard InChI is InChI=1S/C13H23NO4.ClH/c1-12(2,3)18-11(16)14-6-4-13(5-7-14)9-17-8-10(13)15;/h10,15H,4-9H2,1-3H3;1H. The number of carbonyl (C=O) groups is 1. The van der Waals surface area contributed by atoms with Crippen molar-refractivity contribution in [1.29, 1.82) is 0 Å². The van der Waals surface area contributed by atoms with Crippen molar-refractivity contribution in [2.75, 3.05) is 26.3 Å². The summed E-state index contributed by atoms with van der Waals surface area (Å²) < 4.78 is 10.7. The maximum absolute atomic E-state index is 11.9. The quantitative estimate of drug-likeness (QED) is 0.740. The Morgan fingerprint density at radius 3 is 2.37 bits per heavy atom. The highest BCUT2D eigenvalue weighted by Gasteiger charge is 2.46. The Morgan fingerprint density at radius 1 is 1.37 bits per heavy atom. The molecular formula is C13H24ClNO4. The van der Waals surface area contributed by atoms with Crippen molar-refractivity contribution in [2.24, 2.45) is 5.41 Å². The third kappa shape index (κ3) is 3.74. The van der Waals surface area contributed by atoms with Gasteiger partial charge in [-0.3, -0.25) is 0 Å². The average molecular weight is 294 g/mol. The van der Waals surface area contributed by atoms with Crippen molar-refractivity contribution >= 4 is 18.5 Å². The highest BCUT2D eigenvalue weighted by molar-refractivity contribution is 5.85. The lowest BCUT2D eigenvalue weighted by Gasteiger charge is -2.40. The number of hydrogen-bond donors (Lipinski definition) is 1. The number of aliphatic hydroxyl groups excluding tert-OH is 1. The Kier molecular flexibility index (Phi) is 5.09. The predicted molar refractivity (Wildman–Crippen MR) is 73.5 cm³/mol. The smallest absolute Gasteiger partial charge is 0.410 e. The van der Waals surface area contributed by atoms with Gasteiger partial charge in [-0.2, -0.15) is 0 Å². The SMILES string of the molecule is CC(C)(C)OC(=O)N1CCC2(CC1)COCC2O.Cl. The lowest BCUT2D eigenvalue weighted by Crippen LogP contribution is -2.48. The van der Waals surface area contributed by atoms with Crippen molar-refractivity contribution in [3.8, 4) is 0 Å². The van der Waals surface area contributed by atoms with Crippen LogP contribution in [-0.2, 0) is 9.47 Å². The number of ether oxygens (including phenoxy) is 2. The van der Waals surface area contributed by atoms with Crippen molar-refractivity contribution in [1.82, 2.24) is 4.90 Å². The van der Waals surface area contributed by atoms with E-state index in [0.29, 0.717) is 26.3 Å². The zero-order valence-electron chi connectivity index (χ0n) is 11.8. The van der Waals surface area contributed by atoms with Crippen LogP contribution in [0.1, 0.15) is 33.6 Å². The van der Waals surface area contributed by atoms with Gasteiger partial charge in [-0.05, 0) is 33.6 Å². The Labute approximate surface area is 120 Å². The van der Waals surface area contributed by atoms with Crippen LogP contribution in [0.15, 0.2) is 0 Å². The van der Waals surface area contributed by atoms with E-state index in [0.717, 1.165) is 12.8 Å². The molecule has 0 bridgehead atoms. The molecular weight excluding hydrogens is 270 g/mol. The number of piperidine rings is 1. The fraction of sp³-hybridized carbons (Fsp3) is 0.923. The number of amides is 1.